The third-order valence-electron chi connectivity index (χ3n) is 6.07. The van der Waals surface area contributed by atoms with E-state index in [2.05, 4.69) is 24.0 Å². The number of amides is 1. The van der Waals surface area contributed by atoms with Gasteiger partial charge in [-0.3, -0.25) is 9.89 Å². The first kappa shape index (κ1) is 24.9. The third-order valence-corrected chi connectivity index (χ3v) is 6.31. The highest BCUT2D eigenvalue weighted by molar-refractivity contribution is 6.31. The molecule has 9 heteroatoms. The molecule has 0 aliphatic carbocycles. The Bertz CT molecular complexity index is 1210. The van der Waals surface area contributed by atoms with Gasteiger partial charge in [-0.15, -0.1) is 0 Å². The molecule has 3 aromatic rings. The van der Waals surface area contributed by atoms with E-state index in [0.717, 1.165) is 12.0 Å². The molecule has 0 bridgehead atoms. The molecule has 1 aromatic heterocycles. The van der Waals surface area contributed by atoms with E-state index in [9.17, 15) is 9.90 Å². The number of aromatic nitrogens is 2. The van der Waals surface area contributed by atoms with Crippen LogP contribution in [0.3, 0.4) is 0 Å². The van der Waals surface area contributed by atoms with Crippen LogP contribution in [0.1, 0.15) is 47.9 Å². The van der Waals surface area contributed by atoms with E-state index in [-0.39, 0.29) is 11.7 Å². The van der Waals surface area contributed by atoms with Gasteiger partial charge in [-0.25, -0.2) is 0 Å². The summed E-state index contributed by atoms with van der Waals surface area (Å²) in [5, 5.41) is 18.3. The first-order chi connectivity index (χ1) is 16.8. The van der Waals surface area contributed by atoms with E-state index in [1.54, 1.807) is 31.3 Å². The maximum Gasteiger partial charge on any atom is 0.273 e. The highest BCUT2D eigenvalue weighted by atomic mass is 35.5. The summed E-state index contributed by atoms with van der Waals surface area (Å²) in [4.78, 5) is 15.1. The van der Waals surface area contributed by atoms with Gasteiger partial charge in [-0.05, 0) is 48.2 Å². The highest BCUT2D eigenvalue weighted by Crippen LogP contribution is 2.46. The molecule has 4 rings (SSSR count). The van der Waals surface area contributed by atoms with Gasteiger partial charge in [0.1, 0.15) is 17.1 Å². The van der Waals surface area contributed by atoms with Crippen LogP contribution in [0, 0.1) is 5.92 Å². The number of carbonyl (C=O) groups is 1. The summed E-state index contributed by atoms with van der Waals surface area (Å²) in [7, 11) is 3.19. The number of aromatic amines is 1. The number of halogens is 1. The molecule has 35 heavy (non-hydrogen) atoms. The average molecular weight is 500 g/mol. The number of hydrogen-bond acceptors (Lipinski definition) is 6. The molecule has 0 fully saturated rings. The number of nitrogens with zero attached hydrogens (tertiary/aromatic N) is 2. The van der Waals surface area contributed by atoms with Crippen molar-refractivity contribution in [3.05, 3.63) is 58.2 Å². The lowest BCUT2D eigenvalue weighted by molar-refractivity contribution is 0.0677. The standard InChI is InChI=1S/C26H30ClN3O5/c1-15(2)9-11-35-20-8-5-16(13-21(20)34-4)25-22-23(18-14-17(27)6-7-19(18)31)28-29-24(22)26(32)30(25)10-12-33-3/h5-8,13-15,25,31H,9-12H2,1-4H3,(H,28,29). The lowest BCUT2D eigenvalue weighted by Gasteiger charge is -2.27. The monoisotopic (exact) mass is 499 g/mol. The minimum Gasteiger partial charge on any atom is -0.507 e. The zero-order valence-electron chi connectivity index (χ0n) is 20.3. The predicted octanol–water partition coefficient (Wildman–Crippen LogP) is 5.06. The van der Waals surface area contributed by atoms with Crippen molar-refractivity contribution < 1.29 is 24.1 Å². The van der Waals surface area contributed by atoms with Crippen molar-refractivity contribution >= 4 is 17.5 Å². The molecule has 1 aliphatic heterocycles. The Labute approximate surface area is 209 Å². The Kier molecular flexibility index (Phi) is 7.52. The number of hydrogen-bond donors (Lipinski definition) is 2. The van der Waals surface area contributed by atoms with Gasteiger partial charge >= 0.3 is 0 Å². The van der Waals surface area contributed by atoms with Gasteiger partial charge in [0, 0.05) is 29.8 Å². The van der Waals surface area contributed by atoms with E-state index in [4.69, 9.17) is 25.8 Å². The van der Waals surface area contributed by atoms with Gasteiger partial charge in [-0.2, -0.15) is 5.10 Å². The molecule has 1 amide bonds. The summed E-state index contributed by atoms with van der Waals surface area (Å²) in [5.41, 5.74) is 2.78. The smallest absolute Gasteiger partial charge is 0.273 e. The fourth-order valence-electron chi connectivity index (χ4n) is 4.24. The Morgan fingerprint density at radius 2 is 1.94 bits per heavy atom. The predicted molar refractivity (Wildman–Crippen MR) is 133 cm³/mol. The number of phenols is 1. The first-order valence-electron chi connectivity index (χ1n) is 11.5. The number of benzene rings is 2. The fourth-order valence-corrected chi connectivity index (χ4v) is 4.42. The number of phenolic OH excluding ortho intramolecular Hbond substituents is 1. The molecule has 0 radical (unpaired) electrons. The van der Waals surface area contributed by atoms with E-state index in [1.807, 2.05) is 18.2 Å². The molecule has 8 nitrogen and oxygen atoms in total. The van der Waals surface area contributed by atoms with Crippen molar-refractivity contribution in [1.29, 1.82) is 0 Å². The SMILES string of the molecule is COCCN1C(=O)c2[nH]nc(-c3cc(Cl)ccc3O)c2C1c1ccc(OCCC(C)C)c(OC)c1. The number of H-pyrrole nitrogens is 1. The molecule has 1 aliphatic rings. The Morgan fingerprint density at radius 3 is 2.66 bits per heavy atom. The van der Waals surface area contributed by atoms with Crippen LogP contribution in [-0.2, 0) is 4.74 Å². The number of carbonyl (C=O) groups excluding carboxylic acids is 1. The maximum absolute atomic E-state index is 13.4. The molecule has 0 saturated carbocycles. The largest absolute Gasteiger partial charge is 0.507 e. The maximum atomic E-state index is 13.4. The van der Waals surface area contributed by atoms with Crippen molar-refractivity contribution in [3.8, 4) is 28.5 Å². The molecule has 186 valence electrons. The van der Waals surface area contributed by atoms with Crippen molar-refractivity contribution in [2.24, 2.45) is 5.92 Å². The lowest BCUT2D eigenvalue weighted by Crippen LogP contribution is -2.32. The molecule has 1 unspecified atom stereocenters. The summed E-state index contributed by atoms with van der Waals surface area (Å²) < 4.78 is 16.9. The molecule has 2 heterocycles. The van der Waals surface area contributed by atoms with Crippen LogP contribution in [0.4, 0.5) is 0 Å². The van der Waals surface area contributed by atoms with Crippen LogP contribution in [0.2, 0.25) is 5.02 Å². The van der Waals surface area contributed by atoms with Gasteiger partial charge in [0.15, 0.2) is 11.5 Å². The number of ether oxygens (including phenoxy) is 3. The number of methoxy groups -OCH3 is 2. The van der Waals surface area contributed by atoms with E-state index < -0.39 is 6.04 Å². The zero-order chi connectivity index (χ0) is 25.1. The van der Waals surface area contributed by atoms with Crippen molar-refractivity contribution in [1.82, 2.24) is 15.1 Å². The van der Waals surface area contributed by atoms with Crippen LogP contribution < -0.4 is 9.47 Å². The van der Waals surface area contributed by atoms with Crippen LogP contribution in [0.25, 0.3) is 11.3 Å². The molecule has 0 saturated heterocycles. The third kappa shape index (κ3) is 4.94. The summed E-state index contributed by atoms with van der Waals surface area (Å²) in [6.07, 6.45) is 0.928. The average Bonchev–Trinajstić information content (AvgIpc) is 3.38. The van der Waals surface area contributed by atoms with Crippen molar-refractivity contribution in [2.45, 2.75) is 26.3 Å². The molecular formula is C26H30ClN3O5. The van der Waals surface area contributed by atoms with Gasteiger partial charge in [0.2, 0.25) is 0 Å². The lowest BCUT2D eigenvalue weighted by atomic mass is 9.95. The van der Waals surface area contributed by atoms with Crippen molar-refractivity contribution in [2.75, 3.05) is 34.0 Å². The van der Waals surface area contributed by atoms with Gasteiger partial charge in [0.05, 0.1) is 26.4 Å². The topological polar surface area (TPSA) is 96.9 Å². The first-order valence-corrected chi connectivity index (χ1v) is 11.9. The molecule has 1 atom stereocenters. The number of fused-ring (bicyclic) bond motifs is 1. The van der Waals surface area contributed by atoms with Gasteiger partial charge in [-0.1, -0.05) is 31.5 Å². The second-order valence-corrected chi connectivity index (χ2v) is 9.29. The zero-order valence-corrected chi connectivity index (χ0v) is 21.1. The van der Waals surface area contributed by atoms with Crippen LogP contribution in [-0.4, -0.2) is 60.1 Å². The number of rotatable bonds is 10. The summed E-state index contributed by atoms with van der Waals surface area (Å²) >= 11 is 6.21. The molecule has 0 spiro atoms. The minimum atomic E-state index is -0.474. The molecular weight excluding hydrogens is 470 g/mol. The Balaban J connectivity index is 1.79. The Morgan fingerprint density at radius 1 is 1.14 bits per heavy atom. The summed E-state index contributed by atoms with van der Waals surface area (Å²) in [5.74, 6) is 1.58. The molecule has 2 N–H and O–H groups in total. The van der Waals surface area contributed by atoms with Crippen LogP contribution >= 0.6 is 11.6 Å². The fraction of sp³-hybridized carbons (Fsp3) is 0.385. The number of nitrogens with one attached hydrogen (secondary N) is 1. The van der Waals surface area contributed by atoms with Crippen molar-refractivity contribution in [3.63, 3.8) is 0 Å². The number of aromatic hydroxyl groups is 1. The summed E-state index contributed by atoms with van der Waals surface area (Å²) in [6, 6.07) is 9.95. The highest BCUT2D eigenvalue weighted by Gasteiger charge is 2.42. The van der Waals surface area contributed by atoms with E-state index in [0.29, 0.717) is 64.7 Å². The normalized spacial score (nSPS) is 15.1. The summed E-state index contributed by atoms with van der Waals surface area (Å²) in [6.45, 7) is 5.61. The van der Waals surface area contributed by atoms with E-state index in [1.165, 1.54) is 6.07 Å². The van der Waals surface area contributed by atoms with E-state index >= 15 is 0 Å². The van der Waals surface area contributed by atoms with Crippen LogP contribution in [0.5, 0.6) is 17.2 Å². The quantitative estimate of drug-likeness (QED) is 0.404. The second kappa shape index (κ2) is 10.6. The Hall–Kier alpha value is -3.23. The van der Waals surface area contributed by atoms with Gasteiger partial charge in [0.25, 0.3) is 5.91 Å². The molecule has 2 aromatic carbocycles. The minimum absolute atomic E-state index is 0.0247. The van der Waals surface area contributed by atoms with Crippen LogP contribution in [0.15, 0.2) is 36.4 Å². The second-order valence-electron chi connectivity index (χ2n) is 8.86. The van der Waals surface area contributed by atoms with Gasteiger partial charge < -0.3 is 24.2 Å².